The Labute approximate surface area is 161 Å². The van der Waals surface area contributed by atoms with Gasteiger partial charge in [0.25, 0.3) is 0 Å². The molecule has 0 aliphatic rings. The number of hydrogen-bond donors (Lipinski definition) is 1. The lowest BCUT2D eigenvalue weighted by Gasteiger charge is -2.15. The van der Waals surface area contributed by atoms with Crippen molar-refractivity contribution < 1.29 is 9.18 Å². The van der Waals surface area contributed by atoms with Gasteiger partial charge in [0, 0.05) is 11.3 Å². The molecule has 0 aliphatic carbocycles. The quantitative estimate of drug-likeness (QED) is 0.578. The van der Waals surface area contributed by atoms with Crippen molar-refractivity contribution in [1.82, 2.24) is 24.6 Å². The van der Waals surface area contributed by atoms with E-state index in [4.69, 9.17) is 0 Å². The van der Waals surface area contributed by atoms with E-state index in [9.17, 15) is 9.18 Å². The second-order valence-electron chi connectivity index (χ2n) is 6.73. The molecule has 0 radical (unpaired) electrons. The predicted octanol–water partition coefficient (Wildman–Crippen LogP) is 3.55. The fourth-order valence-electron chi connectivity index (χ4n) is 3.37. The maximum absolute atomic E-state index is 13.5. The monoisotopic (exact) mass is 377 g/mol. The van der Waals surface area contributed by atoms with Crippen molar-refractivity contribution in [3.05, 3.63) is 78.1 Å². The summed E-state index contributed by atoms with van der Waals surface area (Å²) in [6, 6.07) is 13.7. The minimum atomic E-state index is -0.317. The maximum atomic E-state index is 13.5. The van der Waals surface area contributed by atoms with Gasteiger partial charge in [-0.25, -0.2) is 14.1 Å². The summed E-state index contributed by atoms with van der Waals surface area (Å²) < 4.78 is 17.0. The normalized spacial score (nSPS) is 12.2. The Morgan fingerprint density at radius 2 is 2.04 bits per heavy atom. The van der Waals surface area contributed by atoms with Crippen molar-refractivity contribution in [2.75, 3.05) is 0 Å². The van der Waals surface area contributed by atoms with E-state index in [-0.39, 0.29) is 24.3 Å². The van der Waals surface area contributed by atoms with Crippen LogP contribution in [0.5, 0.6) is 0 Å². The van der Waals surface area contributed by atoms with Crippen molar-refractivity contribution in [2.45, 2.75) is 26.4 Å². The summed E-state index contributed by atoms with van der Waals surface area (Å²) in [4.78, 5) is 16.8. The molecular weight excluding hydrogens is 357 g/mol. The molecule has 0 bridgehead atoms. The number of carbonyl (C=O) groups excluding carboxylic acids is 1. The second kappa shape index (κ2) is 7.26. The Balaban J connectivity index is 1.49. The molecule has 2 heterocycles. The third-order valence-electron chi connectivity index (χ3n) is 4.79. The summed E-state index contributed by atoms with van der Waals surface area (Å²) in [5.74, 6) is -0.434. The first kappa shape index (κ1) is 17.9. The Morgan fingerprint density at radius 3 is 2.86 bits per heavy atom. The molecule has 6 nitrogen and oxygen atoms in total. The fourth-order valence-corrected chi connectivity index (χ4v) is 3.37. The van der Waals surface area contributed by atoms with E-state index in [0.717, 1.165) is 22.3 Å². The van der Waals surface area contributed by atoms with Gasteiger partial charge in [-0.1, -0.05) is 18.2 Å². The number of imidazole rings is 1. The van der Waals surface area contributed by atoms with Crippen molar-refractivity contribution in [3.63, 3.8) is 0 Å². The molecular formula is C21H20FN5O. The largest absolute Gasteiger partial charge is 0.348 e. The zero-order valence-electron chi connectivity index (χ0n) is 15.6. The first-order valence-electron chi connectivity index (χ1n) is 9.02. The lowest BCUT2D eigenvalue weighted by molar-refractivity contribution is -0.122. The molecule has 1 amide bonds. The van der Waals surface area contributed by atoms with Crippen LogP contribution in [0.1, 0.15) is 24.2 Å². The molecule has 2 aromatic carbocycles. The first-order valence-corrected chi connectivity index (χ1v) is 9.02. The van der Waals surface area contributed by atoms with Crippen LogP contribution in [-0.4, -0.2) is 25.2 Å². The van der Waals surface area contributed by atoms with Crippen LogP contribution in [0.15, 0.2) is 61.1 Å². The summed E-state index contributed by atoms with van der Waals surface area (Å²) in [5.41, 5.74) is 4.16. The standard InChI is InChI=1S/C21H20FN5O/c1-14(18-11-24-27(15(18)2)17-7-5-6-16(22)10-17)25-21(28)12-26-13-23-19-8-3-4-9-20(19)26/h3-11,13-14H,12H2,1-2H3,(H,25,28). The highest BCUT2D eigenvalue weighted by molar-refractivity contribution is 5.80. The molecule has 0 spiro atoms. The summed E-state index contributed by atoms with van der Waals surface area (Å²) >= 11 is 0. The number of rotatable bonds is 5. The van der Waals surface area contributed by atoms with Gasteiger partial charge in [-0.05, 0) is 44.2 Å². The van der Waals surface area contributed by atoms with Crippen LogP contribution in [-0.2, 0) is 11.3 Å². The molecule has 7 heteroatoms. The summed E-state index contributed by atoms with van der Waals surface area (Å²) in [6.45, 7) is 3.99. The first-order chi connectivity index (χ1) is 13.5. The van der Waals surface area contributed by atoms with Gasteiger partial charge in [0.1, 0.15) is 12.4 Å². The number of nitrogens with one attached hydrogen (secondary N) is 1. The van der Waals surface area contributed by atoms with E-state index in [1.54, 1.807) is 29.3 Å². The number of benzene rings is 2. The molecule has 0 saturated heterocycles. The van der Waals surface area contributed by atoms with E-state index in [1.165, 1.54) is 12.1 Å². The average Bonchev–Trinajstić information content (AvgIpc) is 3.25. The zero-order valence-corrected chi connectivity index (χ0v) is 15.6. The SMILES string of the molecule is Cc1c(C(C)NC(=O)Cn2cnc3ccccc32)cnn1-c1cccc(F)c1. The van der Waals surface area contributed by atoms with E-state index < -0.39 is 0 Å². The van der Waals surface area contributed by atoms with Crippen molar-refractivity contribution in [2.24, 2.45) is 0 Å². The minimum Gasteiger partial charge on any atom is -0.348 e. The average molecular weight is 377 g/mol. The minimum absolute atomic E-state index is 0.117. The molecule has 28 heavy (non-hydrogen) atoms. The molecule has 0 saturated carbocycles. The van der Waals surface area contributed by atoms with Crippen LogP contribution in [0.3, 0.4) is 0 Å². The Morgan fingerprint density at radius 1 is 1.21 bits per heavy atom. The Bertz CT molecular complexity index is 1150. The fraction of sp³-hybridized carbons (Fsp3) is 0.190. The lowest BCUT2D eigenvalue weighted by Crippen LogP contribution is -2.30. The summed E-state index contributed by atoms with van der Waals surface area (Å²) in [7, 11) is 0. The highest BCUT2D eigenvalue weighted by Crippen LogP contribution is 2.21. The van der Waals surface area contributed by atoms with Gasteiger partial charge in [0.15, 0.2) is 0 Å². The lowest BCUT2D eigenvalue weighted by atomic mass is 10.1. The molecule has 1 atom stereocenters. The van der Waals surface area contributed by atoms with Crippen LogP contribution in [0.4, 0.5) is 4.39 Å². The molecule has 0 aliphatic heterocycles. The van der Waals surface area contributed by atoms with Crippen molar-refractivity contribution in [1.29, 1.82) is 0 Å². The Kier molecular flexibility index (Phi) is 4.65. The van der Waals surface area contributed by atoms with Crippen molar-refractivity contribution >= 4 is 16.9 Å². The third kappa shape index (κ3) is 3.38. The van der Waals surface area contributed by atoms with E-state index in [1.807, 2.05) is 42.7 Å². The number of fused-ring (bicyclic) bond motifs is 1. The topological polar surface area (TPSA) is 64.7 Å². The number of hydrogen-bond acceptors (Lipinski definition) is 3. The van der Waals surface area contributed by atoms with Gasteiger partial charge in [0.2, 0.25) is 5.91 Å². The zero-order chi connectivity index (χ0) is 19.7. The molecule has 1 unspecified atom stereocenters. The highest BCUT2D eigenvalue weighted by Gasteiger charge is 2.17. The van der Waals surface area contributed by atoms with Crippen LogP contribution < -0.4 is 5.32 Å². The highest BCUT2D eigenvalue weighted by atomic mass is 19.1. The van der Waals surface area contributed by atoms with Gasteiger partial charge >= 0.3 is 0 Å². The molecule has 142 valence electrons. The molecule has 4 aromatic rings. The van der Waals surface area contributed by atoms with Gasteiger partial charge in [-0.3, -0.25) is 4.79 Å². The summed E-state index contributed by atoms with van der Waals surface area (Å²) in [6.07, 6.45) is 3.37. The van der Waals surface area contributed by atoms with E-state index in [0.29, 0.717) is 5.69 Å². The molecule has 1 N–H and O–H groups in total. The van der Waals surface area contributed by atoms with Crippen LogP contribution in [0.25, 0.3) is 16.7 Å². The van der Waals surface area contributed by atoms with Crippen LogP contribution >= 0.6 is 0 Å². The smallest absolute Gasteiger partial charge is 0.240 e. The third-order valence-corrected chi connectivity index (χ3v) is 4.79. The van der Waals surface area contributed by atoms with Gasteiger partial charge in [-0.15, -0.1) is 0 Å². The number of para-hydroxylation sites is 2. The number of aromatic nitrogens is 4. The number of amides is 1. The van der Waals surface area contributed by atoms with Gasteiger partial charge in [-0.2, -0.15) is 5.10 Å². The molecule has 4 rings (SSSR count). The van der Waals surface area contributed by atoms with Crippen LogP contribution in [0, 0.1) is 12.7 Å². The Hall–Kier alpha value is -3.48. The number of carbonyl (C=O) groups is 1. The van der Waals surface area contributed by atoms with Gasteiger partial charge < -0.3 is 9.88 Å². The molecule has 0 fully saturated rings. The van der Waals surface area contributed by atoms with E-state index in [2.05, 4.69) is 15.4 Å². The number of nitrogens with zero attached hydrogens (tertiary/aromatic N) is 4. The summed E-state index contributed by atoms with van der Waals surface area (Å²) in [5, 5.41) is 7.36. The van der Waals surface area contributed by atoms with Crippen molar-refractivity contribution in [3.8, 4) is 5.69 Å². The number of halogens is 1. The maximum Gasteiger partial charge on any atom is 0.240 e. The second-order valence-corrected chi connectivity index (χ2v) is 6.73. The predicted molar refractivity (Wildman–Crippen MR) is 105 cm³/mol. The van der Waals surface area contributed by atoms with E-state index >= 15 is 0 Å². The van der Waals surface area contributed by atoms with Gasteiger partial charge in [0.05, 0.1) is 35.3 Å². The molecule has 2 aromatic heterocycles. The van der Waals surface area contributed by atoms with Crippen LogP contribution in [0.2, 0.25) is 0 Å².